The van der Waals surface area contributed by atoms with E-state index in [4.69, 9.17) is 5.11 Å². The Kier molecular flexibility index (Phi) is 3.23. The van der Waals surface area contributed by atoms with E-state index in [9.17, 15) is 4.79 Å². The molecule has 0 unspecified atom stereocenters. The molecule has 2 aliphatic rings. The van der Waals surface area contributed by atoms with Crippen LogP contribution in [0.2, 0.25) is 0 Å². The number of carboxylic acid groups (broad SMARTS) is 1. The Balaban J connectivity index is 1.85. The SMILES string of the molecule is O=C(O)/C=C/c1cccnc1N(CC1CC1)C1CC1. The molecule has 0 saturated heterocycles. The highest BCUT2D eigenvalue weighted by Gasteiger charge is 2.35. The van der Waals surface area contributed by atoms with Gasteiger partial charge >= 0.3 is 5.97 Å². The molecule has 0 spiro atoms. The average molecular weight is 258 g/mol. The number of aliphatic carboxylic acids is 1. The van der Waals surface area contributed by atoms with E-state index in [0.717, 1.165) is 23.8 Å². The van der Waals surface area contributed by atoms with E-state index < -0.39 is 5.97 Å². The second-order valence-electron chi connectivity index (χ2n) is 5.41. The van der Waals surface area contributed by atoms with Gasteiger partial charge in [0.15, 0.2) is 0 Å². The molecule has 1 aromatic heterocycles. The maximum absolute atomic E-state index is 10.7. The average Bonchev–Trinajstić information content (AvgIpc) is 3.27. The Morgan fingerprint density at radius 1 is 1.42 bits per heavy atom. The molecule has 100 valence electrons. The summed E-state index contributed by atoms with van der Waals surface area (Å²) < 4.78 is 0. The molecule has 0 aliphatic heterocycles. The molecule has 19 heavy (non-hydrogen) atoms. The Morgan fingerprint density at radius 3 is 2.84 bits per heavy atom. The summed E-state index contributed by atoms with van der Waals surface area (Å²) in [5, 5.41) is 8.76. The Labute approximate surface area is 112 Å². The van der Waals surface area contributed by atoms with Crippen molar-refractivity contribution in [3.63, 3.8) is 0 Å². The van der Waals surface area contributed by atoms with Crippen molar-refractivity contribution in [3.8, 4) is 0 Å². The van der Waals surface area contributed by atoms with E-state index >= 15 is 0 Å². The number of hydrogen-bond acceptors (Lipinski definition) is 3. The Bertz CT molecular complexity index is 505. The van der Waals surface area contributed by atoms with Gasteiger partial charge in [0, 0.05) is 30.4 Å². The predicted octanol–water partition coefficient (Wildman–Crippen LogP) is 2.56. The predicted molar refractivity (Wildman–Crippen MR) is 74.0 cm³/mol. The molecule has 0 aromatic carbocycles. The first-order chi connectivity index (χ1) is 9.24. The fourth-order valence-electron chi connectivity index (χ4n) is 2.31. The molecule has 4 nitrogen and oxygen atoms in total. The monoisotopic (exact) mass is 258 g/mol. The first kappa shape index (κ1) is 12.2. The summed E-state index contributed by atoms with van der Waals surface area (Å²) in [5.41, 5.74) is 0.900. The number of aromatic nitrogens is 1. The van der Waals surface area contributed by atoms with Crippen molar-refractivity contribution in [1.82, 2.24) is 4.98 Å². The fourth-order valence-corrected chi connectivity index (χ4v) is 2.31. The van der Waals surface area contributed by atoms with Gasteiger partial charge in [0.2, 0.25) is 0 Å². The lowest BCUT2D eigenvalue weighted by Gasteiger charge is -2.25. The van der Waals surface area contributed by atoms with Crippen molar-refractivity contribution in [2.75, 3.05) is 11.4 Å². The van der Waals surface area contributed by atoms with Crippen LogP contribution in [0.25, 0.3) is 6.08 Å². The molecule has 0 bridgehead atoms. The maximum Gasteiger partial charge on any atom is 0.328 e. The lowest BCUT2D eigenvalue weighted by atomic mass is 10.2. The molecule has 2 aliphatic carbocycles. The minimum absolute atomic E-state index is 0.604. The number of anilines is 1. The van der Waals surface area contributed by atoms with Gasteiger partial charge in [-0.05, 0) is 49.8 Å². The molecular formula is C15H18N2O2. The van der Waals surface area contributed by atoms with Crippen molar-refractivity contribution in [2.24, 2.45) is 5.92 Å². The lowest BCUT2D eigenvalue weighted by Crippen LogP contribution is -2.29. The van der Waals surface area contributed by atoms with Crippen LogP contribution in [0.5, 0.6) is 0 Å². The largest absolute Gasteiger partial charge is 0.478 e. The zero-order chi connectivity index (χ0) is 13.2. The third-order valence-electron chi connectivity index (χ3n) is 3.63. The maximum atomic E-state index is 10.7. The van der Waals surface area contributed by atoms with Crippen LogP contribution in [0.1, 0.15) is 31.2 Å². The van der Waals surface area contributed by atoms with Crippen LogP contribution in [0.4, 0.5) is 5.82 Å². The number of rotatable bonds is 6. The van der Waals surface area contributed by atoms with Crippen LogP contribution in [0, 0.1) is 5.92 Å². The van der Waals surface area contributed by atoms with E-state index in [1.807, 2.05) is 12.1 Å². The number of hydrogen-bond donors (Lipinski definition) is 1. The van der Waals surface area contributed by atoms with Crippen molar-refractivity contribution in [1.29, 1.82) is 0 Å². The smallest absolute Gasteiger partial charge is 0.328 e. The molecule has 3 rings (SSSR count). The quantitative estimate of drug-likeness (QED) is 0.797. The molecular weight excluding hydrogens is 240 g/mol. The van der Waals surface area contributed by atoms with E-state index in [0.29, 0.717) is 6.04 Å². The third-order valence-corrected chi connectivity index (χ3v) is 3.63. The number of nitrogens with zero attached hydrogens (tertiary/aromatic N) is 2. The first-order valence-corrected chi connectivity index (χ1v) is 6.86. The summed E-state index contributed by atoms with van der Waals surface area (Å²) >= 11 is 0. The molecule has 1 heterocycles. The van der Waals surface area contributed by atoms with Gasteiger partial charge in [-0.3, -0.25) is 0 Å². The molecule has 0 atom stereocenters. The number of carbonyl (C=O) groups is 1. The molecule has 0 amide bonds. The van der Waals surface area contributed by atoms with Gasteiger partial charge in [0.25, 0.3) is 0 Å². The third kappa shape index (κ3) is 3.13. The van der Waals surface area contributed by atoms with Crippen molar-refractivity contribution in [2.45, 2.75) is 31.7 Å². The van der Waals surface area contributed by atoms with Crippen LogP contribution in [0.15, 0.2) is 24.4 Å². The summed E-state index contributed by atoms with van der Waals surface area (Å²) in [6.07, 6.45) is 9.70. The Morgan fingerprint density at radius 2 is 2.21 bits per heavy atom. The van der Waals surface area contributed by atoms with Crippen molar-refractivity contribution < 1.29 is 9.90 Å². The van der Waals surface area contributed by atoms with Crippen LogP contribution >= 0.6 is 0 Å². The van der Waals surface area contributed by atoms with Crippen LogP contribution in [-0.2, 0) is 4.79 Å². The second kappa shape index (κ2) is 5.03. The molecule has 1 aromatic rings. The van der Waals surface area contributed by atoms with E-state index in [-0.39, 0.29) is 0 Å². The van der Waals surface area contributed by atoms with Gasteiger partial charge in [-0.2, -0.15) is 0 Å². The molecule has 2 fully saturated rings. The van der Waals surface area contributed by atoms with Crippen LogP contribution < -0.4 is 4.90 Å². The van der Waals surface area contributed by atoms with Gasteiger partial charge < -0.3 is 10.0 Å². The summed E-state index contributed by atoms with van der Waals surface area (Å²) in [4.78, 5) is 17.5. The van der Waals surface area contributed by atoms with Crippen LogP contribution in [0.3, 0.4) is 0 Å². The summed E-state index contributed by atoms with van der Waals surface area (Å²) in [6, 6.07) is 4.39. The van der Waals surface area contributed by atoms with Crippen LogP contribution in [-0.4, -0.2) is 28.6 Å². The van der Waals surface area contributed by atoms with E-state index in [2.05, 4.69) is 9.88 Å². The van der Waals surface area contributed by atoms with Crippen molar-refractivity contribution in [3.05, 3.63) is 30.0 Å². The minimum Gasteiger partial charge on any atom is -0.478 e. The van der Waals surface area contributed by atoms with E-state index in [1.165, 1.54) is 31.8 Å². The van der Waals surface area contributed by atoms with E-state index in [1.54, 1.807) is 12.3 Å². The highest BCUT2D eigenvalue weighted by atomic mass is 16.4. The highest BCUT2D eigenvalue weighted by Crippen LogP contribution is 2.38. The Hall–Kier alpha value is -1.84. The number of pyridine rings is 1. The first-order valence-electron chi connectivity index (χ1n) is 6.86. The molecule has 1 N–H and O–H groups in total. The van der Waals surface area contributed by atoms with Gasteiger partial charge in [-0.25, -0.2) is 9.78 Å². The molecule has 0 radical (unpaired) electrons. The van der Waals surface area contributed by atoms with Gasteiger partial charge in [-0.15, -0.1) is 0 Å². The zero-order valence-corrected chi connectivity index (χ0v) is 10.8. The van der Waals surface area contributed by atoms with Gasteiger partial charge in [-0.1, -0.05) is 0 Å². The highest BCUT2D eigenvalue weighted by molar-refractivity contribution is 5.86. The zero-order valence-electron chi connectivity index (χ0n) is 10.8. The molecule has 2 saturated carbocycles. The number of carboxylic acids is 1. The van der Waals surface area contributed by atoms with Gasteiger partial charge in [0.05, 0.1) is 0 Å². The minimum atomic E-state index is -0.921. The van der Waals surface area contributed by atoms with Crippen molar-refractivity contribution >= 4 is 17.9 Å². The topological polar surface area (TPSA) is 53.4 Å². The second-order valence-corrected chi connectivity index (χ2v) is 5.41. The normalized spacial score (nSPS) is 18.7. The standard InChI is InChI=1S/C15H18N2O2/c18-14(19)8-5-12-2-1-9-16-15(12)17(13-6-7-13)10-11-3-4-11/h1-2,5,8-9,11,13H,3-4,6-7,10H2,(H,18,19)/b8-5+. The summed E-state index contributed by atoms with van der Waals surface area (Å²) in [7, 11) is 0. The fraction of sp³-hybridized carbons (Fsp3) is 0.467. The summed E-state index contributed by atoms with van der Waals surface area (Å²) in [6.45, 7) is 1.07. The summed E-state index contributed by atoms with van der Waals surface area (Å²) in [5.74, 6) is 0.822. The lowest BCUT2D eigenvalue weighted by molar-refractivity contribution is -0.131. The molecule has 4 heteroatoms. The van der Waals surface area contributed by atoms with Gasteiger partial charge in [0.1, 0.15) is 5.82 Å².